The van der Waals surface area contributed by atoms with Crippen molar-refractivity contribution in [3.63, 3.8) is 0 Å². The third kappa shape index (κ3) is 3.31. The minimum absolute atomic E-state index is 0.265. The molecule has 0 saturated carbocycles. The largest absolute Gasteiger partial charge is 0.308 e. The Morgan fingerprint density at radius 3 is 2.61 bits per heavy atom. The number of aryl methyl sites for hydroxylation is 1. The second-order valence-electron chi connectivity index (χ2n) is 4.29. The Labute approximate surface area is 112 Å². The van der Waals surface area contributed by atoms with Gasteiger partial charge in [0.05, 0.1) is 0 Å². The Bertz CT molecular complexity index is 520. The predicted octanol–water partition coefficient (Wildman–Crippen LogP) is 4.08. The van der Waals surface area contributed by atoms with E-state index in [4.69, 9.17) is 11.6 Å². The zero-order chi connectivity index (χ0) is 13.0. The van der Waals surface area contributed by atoms with E-state index in [0.29, 0.717) is 23.7 Å². The average molecular weight is 264 g/mol. The molecule has 1 nitrogen and oxygen atoms in total. The van der Waals surface area contributed by atoms with Crippen LogP contribution in [0.2, 0.25) is 5.02 Å². The van der Waals surface area contributed by atoms with Crippen LogP contribution in [-0.2, 0) is 13.1 Å². The predicted molar refractivity (Wildman–Crippen MR) is 73.1 cm³/mol. The van der Waals surface area contributed by atoms with Gasteiger partial charge in [-0.2, -0.15) is 0 Å². The first-order chi connectivity index (χ1) is 8.66. The molecular weight excluding hydrogens is 249 g/mol. The third-order valence-electron chi connectivity index (χ3n) is 2.78. The Balaban J connectivity index is 1.97. The molecule has 0 atom stereocenters. The second-order valence-corrected chi connectivity index (χ2v) is 4.70. The van der Waals surface area contributed by atoms with Gasteiger partial charge in [-0.05, 0) is 24.6 Å². The van der Waals surface area contributed by atoms with Gasteiger partial charge in [0, 0.05) is 23.7 Å². The van der Waals surface area contributed by atoms with Crippen molar-refractivity contribution >= 4 is 11.6 Å². The minimum atomic E-state index is -0.265. The van der Waals surface area contributed by atoms with Crippen molar-refractivity contribution < 1.29 is 4.39 Å². The van der Waals surface area contributed by atoms with Crippen molar-refractivity contribution in [2.75, 3.05) is 0 Å². The van der Waals surface area contributed by atoms with Gasteiger partial charge in [0.15, 0.2) is 0 Å². The van der Waals surface area contributed by atoms with Gasteiger partial charge in [-0.3, -0.25) is 0 Å². The van der Waals surface area contributed by atoms with Crippen molar-refractivity contribution in [3.8, 4) is 0 Å². The highest BCUT2D eigenvalue weighted by molar-refractivity contribution is 6.31. The number of benzene rings is 2. The Morgan fingerprint density at radius 1 is 1.11 bits per heavy atom. The fraction of sp³-hybridized carbons (Fsp3) is 0.200. The lowest BCUT2D eigenvalue weighted by molar-refractivity contribution is 0.588. The van der Waals surface area contributed by atoms with Gasteiger partial charge < -0.3 is 5.32 Å². The van der Waals surface area contributed by atoms with Gasteiger partial charge in [0.1, 0.15) is 5.82 Å². The minimum Gasteiger partial charge on any atom is -0.308 e. The highest BCUT2D eigenvalue weighted by Crippen LogP contribution is 2.18. The summed E-state index contributed by atoms with van der Waals surface area (Å²) in [6.07, 6.45) is 0. The summed E-state index contributed by atoms with van der Waals surface area (Å²) in [5.74, 6) is -0.265. The molecule has 0 radical (unpaired) electrons. The van der Waals surface area contributed by atoms with Gasteiger partial charge in [0.25, 0.3) is 0 Å². The molecule has 2 aromatic carbocycles. The number of hydrogen-bond donors (Lipinski definition) is 1. The molecule has 94 valence electrons. The molecule has 1 N–H and O–H groups in total. The molecule has 0 amide bonds. The smallest absolute Gasteiger partial charge is 0.129 e. The molecule has 2 aromatic rings. The molecule has 3 heteroatoms. The van der Waals surface area contributed by atoms with E-state index in [1.165, 1.54) is 17.2 Å². The van der Waals surface area contributed by atoms with Crippen molar-refractivity contribution in [2.45, 2.75) is 20.0 Å². The SMILES string of the molecule is Cc1cccc(CNCc2c(F)cccc2Cl)c1. The van der Waals surface area contributed by atoms with Crippen LogP contribution < -0.4 is 5.32 Å². The Hall–Kier alpha value is -1.38. The van der Waals surface area contributed by atoms with Crippen molar-refractivity contribution in [3.05, 3.63) is 70.0 Å². The van der Waals surface area contributed by atoms with E-state index in [-0.39, 0.29) is 5.82 Å². The molecule has 0 aliphatic heterocycles. The summed E-state index contributed by atoms with van der Waals surface area (Å²) >= 11 is 5.96. The Morgan fingerprint density at radius 2 is 1.89 bits per heavy atom. The molecule has 0 heterocycles. The summed E-state index contributed by atoms with van der Waals surface area (Å²) in [7, 11) is 0. The van der Waals surface area contributed by atoms with E-state index in [2.05, 4.69) is 24.4 Å². The molecule has 0 spiro atoms. The molecule has 0 unspecified atom stereocenters. The maximum absolute atomic E-state index is 13.5. The van der Waals surface area contributed by atoms with E-state index in [1.807, 2.05) is 12.1 Å². The van der Waals surface area contributed by atoms with Crippen LogP contribution in [0.15, 0.2) is 42.5 Å². The lowest BCUT2D eigenvalue weighted by Gasteiger charge is -2.08. The van der Waals surface area contributed by atoms with Gasteiger partial charge in [-0.1, -0.05) is 47.5 Å². The topological polar surface area (TPSA) is 12.0 Å². The molecular formula is C15H15ClFN. The summed E-state index contributed by atoms with van der Waals surface area (Å²) in [5.41, 5.74) is 2.92. The number of nitrogens with one attached hydrogen (secondary N) is 1. The van der Waals surface area contributed by atoms with Crippen LogP contribution in [0, 0.1) is 12.7 Å². The van der Waals surface area contributed by atoms with Gasteiger partial charge in [-0.25, -0.2) is 4.39 Å². The van der Waals surface area contributed by atoms with E-state index < -0.39 is 0 Å². The number of halogens is 2. The summed E-state index contributed by atoms with van der Waals surface area (Å²) in [6, 6.07) is 13.0. The molecule has 2 rings (SSSR count). The van der Waals surface area contributed by atoms with Crippen LogP contribution >= 0.6 is 11.6 Å². The summed E-state index contributed by atoms with van der Waals surface area (Å²) in [4.78, 5) is 0. The molecule has 0 aliphatic carbocycles. The lowest BCUT2D eigenvalue weighted by Crippen LogP contribution is -2.14. The van der Waals surface area contributed by atoms with Crippen LogP contribution in [0.25, 0.3) is 0 Å². The molecule has 0 saturated heterocycles. The van der Waals surface area contributed by atoms with E-state index in [9.17, 15) is 4.39 Å². The molecule has 0 aliphatic rings. The fourth-order valence-electron chi connectivity index (χ4n) is 1.86. The first kappa shape index (κ1) is 13.1. The van der Waals surface area contributed by atoms with Crippen LogP contribution in [0.1, 0.15) is 16.7 Å². The summed E-state index contributed by atoms with van der Waals surface area (Å²) in [5, 5.41) is 3.67. The average Bonchev–Trinajstić information content (AvgIpc) is 2.33. The molecule has 18 heavy (non-hydrogen) atoms. The quantitative estimate of drug-likeness (QED) is 0.877. The van der Waals surface area contributed by atoms with Gasteiger partial charge in [0.2, 0.25) is 0 Å². The first-order valence-corrected chi connectivity index (χ1v) is 6.24. The molecule has 0 bridgehead atoms. The molecule has 0 aromatic heterocycles. The van der Waals surface area contributed by atoms with Crippen molar-refractivity contribution in [1.29, 1.82) is 0 Å². The fourth-order valence-corrected chi connectivity index (χ4v) is 2.08. The summed E-state index contributed by atoms with van der Waals surface area (Å²) < 4.78 is 13.5. The highest BCUT2D eigenvalue weighted by atomic mass is 35.5. The molecule has 0 fully saturated rings. The summed E-state index contributed by atoms with van der Waals surface area (Å²) in [6.45, 7) is 3.18. The van der Waals surface area contributed by atoms with Gasteiger partial charge in [-0.15, -0.1) is 0 Å². The van der Waals surface area contributed by atoms with E-state index >= 15 is 0 Å². The van der Waals surface area contributed by atoms with E-state index in [1.54, 1.807) is 12.1 Å². The van der Waals surface area contributed by atoms with Crippen molar-refractivity contribution in [2.24, 2.45) is 0 Å². The Kier molecular flexibility index (Phi) is 4.34. The zero-order valence-corrected chi connectivity index (χ0v) is 11.0. The zero-order valence-electron chi connectivity index (χ0n) is 10.2. The first-order valence-electron chi connectivity index (χ1n) is 5.86. The lowest BCUT2D eigenvalue weighted by atomic mass is 10.1. The van der Waals surface area contributed by atoms with Crippen LogP contribution in [0.5, 0.6) is 0 Å². The third-order valence-corrected chi connectivity index (χ3v) is 3.13. The second kappa shape index (κ2) is 5.98. The highest BCUT2D eigenvalue weighted by Gasteiger charge is 2.05. The van der Waals surface area contributed by atoms with Crippen molar-refractivity contribution in [1.82, 2.24) is 5.32 Å². The standard InChI is InChI=1S/C15H15ClFN/c1-11-4-2-5-12(8-11)9-18-10-13-14(16)6-3-7-15(13)17/h2-8,18H,9-10H2,1H3. The number of hydrogen-bond acceptors (Lipinski definition) is 1. The maximum atomic E-state index is 13.5. The van der Waals surface area contributed by atoms with Crippen LogP contribution in [0.3, 0.4) is 0 Å². The van der Waals surface area contributed by atoms with Crippen LogP contribution in [0.4, 0.5) is 4.39 Å². The monoisotopic (exact) mass is 263 g/mol. The normalized spacial score (nSPS) is 10.6. The van der Waals surface area contributed by atoms with Crippen LogP contribution in [-0.4, -0.2) is 0 Å². The van der Waals surface area contributed by atoms with E-state index in [0.717, 1.165) is 0 Å². The number of rotatable bonds is 4. The van der Waals surface area contributed by atoms with Gasteiger partial charge >= 0.3 is 0 Å². The maximum Gasteiger partial charge on any atom is 0.129 e.